The van der Waals surface area contributed by atoms with E-state index in [0.717, 1.165) is 22.4 Å². The van der Waals surface area contributed by atoms with Gasteiger partial charge < -0.3 is 9.42 Å². The molecule has 5 heteroatoms. The van der Waals surface area contributed by atoms with Gasteiger partial charge in [-0.05, 0) is 37.1 Å². The number of hydrogen-bond donors (Lipinski definition) is 0. The number of halogens is 1. The third-order valence-corrected chi connectivity index (χ3v) is 4.59. The predicted molar refractivity (Wildman–Crippen MR) is 97.1 cm³/mol. The zero-order valence-corrected chi connectivity index (χ0v) is 15.1. The minimum absolute atomic E-state index is 0.0578. The third-order valence-electron chi connectivity index (χ3n) is 4.59. The van der Waals surface area contributed by atoms with E-state index in [2.05, 4.69) is 5.16 Å². The Balaban J connectivity index is 1.93. The van der Waals surface area contributed by atoms with Crippen LogP contribution in [0.25, 0.3) is 0 Å². The fourth-order valence-electron chi connectivity index (χ4n) is 3.09. The Bertz CT molecular complexity index is 869. The van der Waals surface area contributed by atoms with Crippen LogP contribution in [-0.4, -0.2) is 23.0 Å². The number of amides is 1. The molecule has 1 heterocycles. The molecule has 1 atom stereocenters. The minimum atomic E-state index is -0.301. The highest BCUT2D eigenvalue weighted by molar-refractivity contribution is 5.80. The van der Waals surface area contributed by atoms with Crippen molar-refractivity contribution < 1.29 is 13.7 Å². The molecule has 0 aliphatic heterocycles. The van der Waals surface area contributed by atoms with E-state index in [9.17, 15) is 9.18 Å². The van der Waals surface area contributed by atoms with Gasteiger partial charge in [0.2, 0.25) is 5.91 Å². The second kappa shape index (κ2) is 7.52. The number of likely N-dealkylation sites (N-methyl/N-ethyl adjacent to an activating group) is 1. The van der Waals surface area contributed by atoms with E-state index >= 15 is 0 Å². The van der Waals surface area contributed by atoms with Gasteiger partial charge in [0.05, 0.1) is 18.2 Å². The molecule has 3 aromatic rings. The molecule has 4 nitrogen and oxygen atoms in total. The van der Waals surface area contributed by atoms with Crippen LogP contribution in [0.5, 0.6) is 0 Å². The first-order valence-electron chi connectivity index (χ1n) is 8.45. The summed E-state index contributed by atoms with van der Waals surface area (Å²) in [6.07, 6.45) is 0.211. The van der Waals surface area contributed by atoms with Gasteiger partial charge in [0, 0.05) is 12.6 Å². The zero-order chi connectivity index (χ0) is 18.7. The highest BCUT2D eigenvalue weighted by Crippen LogP contribution is 2.28. The molecule has 0 saturated carbocycles. The highest BCUT2D eigenvalue weighted by atomic mass is 19.1. The monoisotopic (exact) mass is 352 g/mol. The zero-order valence-electron chi connectivity index (χ0n) is 15.1. The Morgan fingerprint density at radius 2 is 1.69 bits per heavy atom. The number of carbonyl (C=O) groups excluding carboxylic acids is 1. The van der Waals surface area contributed by atoms with Crippen molar-refractivity contribution in [2.24, 2.45) is 0 Å². The van der Waals surface area contributed by atoms with Crippen LogP contribution >= 0.6 is 0 Å². The maximum absolute atomic E-state index is 13.4. The summed E-state index contributed by atoms with van der Waals surface area (Å²) in [6, 6.07) is 15.7. The Morgan fingerprint density at radius 3 is 2.27 bits per heavy atom. The van der Waals surface area contributed by atoms with Crippen molar-refractivity contribution in [3.63, 3.8) is 0 Å². The minimum Gasteiger partial charge on any atom is -0.361 e. The molecule has 0 aliphatic rings. The van der Waals surface area contributed by atoms with Gasteiger partial charge in [-0.2, -0.15) is 0 Å². The van der Waals surface area contributed by atoms with Crippen LogP contribution < -0.4 is 0 Å². The van der Waals surface area contributed by atoms with E-state index in [1.165, 1.54) is 12.1 Å². The fourth-order valence-corrected chi connectivity index (χ4v) is 3.09. The standard InChI is InChI=1S/C21H21FN2O2/c1-14-19(15(2)26-23-14)13-20(25)24(3)21(16-7-5-4-6-8-16)17-9-11-18(22)12-10-17/h4-12,21H,13H2,1-3H3. The Labute approximate surface area is 152 Å². The summed E-state index contributed by atoms with van der Waals surface area (Å²) in [6.45, 7) is 3.63. The van der Waals surface area contributed by atoms with Crippen LogP contribution in [-0.2, 0) is 11.2 Å². The lowest BCUT2D eigenvalue weighted by molar-refractivity contribution is -0.130. The van der Waals surface area contributed by atoms with E-state index in [1.54, 1.807) is 31.0 Å². The lowest BCUT2D eigenvalue weighted by Crippen LogP contribution is -2.33. The number of carbonyl (C=O) groups is 1. The van der Waals surface area contributed by atoms with Gasteiger partial charge in [-0.25, -0.2) is 4.39 Å². The van der Waals surface area contributed by atoms with Crippen LogP contribution in [0.4, 0.5) is 4.39 Å². The molecular formula is C21H21FN2O2. The second-order valence-corrected chi connectivity index (χ2v) is 6.35. The molecule has 0 radical (unpaired) electrons. The summed E-state index contributed by atoms with van der Waals surface area (Å²) in [5.41, 5.74) is 3.36. The SMILES string of the molecule is Cc1noc(C)c1CC(=O)N(C)C(c1ccccc1)c1ccc(F)cc1. The smallest absolute Gasteiger partial charge is 0.227 e. The van der Waals surface area contributed by atoms with Gasteiger partial charge in [0.15, 0.2) is 0 Å². The first-order chi connectivity index (χ1) is 12.5. The summed E-state index contributed by atoms with van der Waals surface area (Å²) >= 11 is 0. The lowest BCUT2D eigenvalue weighted by atomic mass is 9.96. The number of hydrogen-bond acceptors (Lipinski definition) is 3. The van der Waals surface area contributed by atoms with Gasteiger partial charge in [-0.3, -0.25) is 4.79 Å². The average molecular weight is 352 g/mol. The van der Waals surface area contributed by atoms with Crippen LogP contribution in [0.2, 0.25) is 0 Å². The van der Waals surface area contributed by atoms with E-state index in [1.807, 2.05) is 37.3 Å². The second-order valence-electron chi connectivity index (χ2n) is 6.35. The van der Waals surface area contributed by atoms with Gasteiger partial charge in [-0.15, -0.1) is 0 Å². The van der Waals surface area contributed by atoms with Gasteiger partial charge in [0.1, 0.15) is 11.6 Å². The third kappa shape index (κ3) is 3.67. The lowest BCUT2D eigenvalue weighted by Gasteiger charge is -2.29. The summed E-state index contributed by atoms with van der Waals surface area (Å²) < 4.78 is 18.5. The fraction of sp³-hybridized carbons (Fsp3) is 0.238. The van der Waals surface area contributed by atoms with Gasteiger partial charge in [-0.1, -0.05) is 47.6 Å². The van der Waals surface area contributed by atoms with Crippen molar-refractivity contribution in [3.05, 3.63) is 88.6 Å². The van der Waals surface area contributed by atoms with Crippen molar-refractivity contribution in [2.45, 2.75) is 26.3 Å². The molecule has 0 aliphatic carbocycles. The van der Waals surface area contributed by atoms with Crippen molar-refractivity contribution in [2.75, 3.05) is 7.05 Å². The van der Waals surface area contributed by atoms with E-state index < -0.39 is 0 Å². The number of aromatic nitrogens is 1. The van der Waals surface area contributed by atoms with Gasteiger partial charge in [0.25, 0.3) is 0 Å². The first-order valence-corrected chi connectivity index (χ1v) is 8.45. The van der Waals surface area contributed by atoms with Crippen molar-refractivity contribution in [1.29, 1.82) is 0 Å². The first kappa shape index (κ1) is 17.9. The molecule has 1 unspecified atom stereocenters. The molecule has 0 saturated heterocycles. The van der Waals surface area contributed by atoms with Crippen molar-refractivity contribution in [1.82, 2.24) is 10.1 Å². The van der Waals surface area contributed by atoms with Gasteiger partial charge >= 0.3 is 0 Å². The molecule has 3 rings (SSSR count). The normalized spacial score (nSPS) is 12.0. The number of nitrogens with zero attached hydrogens (tertiary/aromatic N) is 2. The summed E-state index contributed by atoms with van der Waals surface area (Å²) in [5.74, 6) is 0.296. The van der Waals surface area contributed by atoms with Crippen LogP contribution in [0, 0.1) is 19.7 Å². The average Bonchev–Trinajstić information content (AvgIpc) is 2.96. The van der Waals surface area contributed by atoms with Crippen LogP contribution in [0.3, 0.4) is 0 Å². The van der Waals surface area contributed by atoms with Crippen LogP contribution in [0.1, 0.15) is 34.2 Å². The molecule has 0 spiro atoms. The van der Waals surface area contributed by atoms with E-state index in [0.29, 0.717) is 5.76 Å². The van der Waals surface area contributed by atoms with E-state index in [-0.39, 0.29) is 24.2 Å². The van der Waals surface area contributed by atoms with Crippen LogP contribution in [0.15, 0.2) is 59.1 Å². The van der Waals surface area contributed by atoms with E-state index in [4.69, 9.17) is 4.52 Å². The summed E-state index contributed by atoms with van der Waals surface area (Å²) in [5, 5.41) is 3.91. The van der Waals surface area contributed by atoms with Crippen molar-refractivity contribution in [3.8, 4) is 0 Å². The molecule has 0 N–H and O–H groups in total. The summed E-state index contributed by atoms with van der Waals surface area (Å²) in [4.78, 5) is 14.6. The molecule has 2 aromatic carbocycles. The number of aryl methyl sites for hydroxylation is 2. The Morgan fingerprint density at radius 1 is 1.08 bits per heavy atom. The predicted octanol–water partition coefficient (Wildman–Crippen LogP) is 4.22. The molecule has 26 heavy (non-hydrogen) atoms. The number of rotatable bonds is 5. The Kier molecular flexibility index (Phi) is 5.16. The maximum atomic E-state index is 13.4. The maximum Gasteiger partial charge on any atom is 0.227 e. The molecule has 134 valence electrons. The number of benzene rings is 2. The summed E-state index contributed by atoms with van der Waals surface area (Å²) in [7, 11) is 1.77. The Hall–Kier alpha value is -2.95. The topological polar surface area (TPSA) is 46.3 Å². The van der Waals surface area contributed by atoms with Crippen molar-refractivity contribution >= 4 is 5.91 Å². The molecule has 1 amide bonds. The molecule has 1 aromatic heterocycles. The molecular weight excluding hydrogens is 331 g/mol. The molecule has 0 fully saturated rings. The highest BCUT2D eigenvalue weighted by Gasteiger charge is 2.25. The molecule has 0 bridgehead atoms. The largest absolute Gasteiger partial charge is 0.361 e. The quantitative estimate of drug-likeness (QED) is 0.691.